The third kappa shape index (κ3) is 6.68. The maximum Gasteiger partial charge on any atom is 0.306 e. The van der Waals surface area contributed by atoms with E-state index in [-0.39, 0.29) is 30.7 Å². The van der Waals surface area contributed by atoms with Crippen LogP contribution in [0.2, 0.25) is 0 Å². The number of hydrogen-bond acceptors (Lipinski definition) is 5. The standard InChI is InChI=1S/C14H25NO4/c1-3-18-13-6-5-9-15(11-13)10-12(16)7-8-14(17)19-4-2/h13H,3-11H2,1-2H3. The molecule has 1 fully saturated rings. The van der Waals surface area contributed by atoms with Crippen molar-refractivity contribution < 1.29 is 19.1 Å². The van der Waals surface area contributed by atoms with Gasteiger partial charge in [-0.05, 0) is 33.2 Å². The smallest absolute Gasteiger partial charge is 0.306 e. The molecule has 0 bridgehead atoms. The van der Waals surface area contributed by atoms with Crippen molar-refractivity contribution in [2.24, 2.45) is 0 Å². The van der Waals surface area contributed by atoms with E-state index in [1.54, 1.807) is 6.92 Å². The summed E-state index contributed by atoms with van der Waals surface area (Å²) in [5.41, 5.74) is 0. The summed E-state index contributed by atoms with van der Waals surface area (Å²) in [6, 6.07) is 0. The van der Waals surface area contributed by atoms with Gasteiger partial charge in [-0.3, -0.25) is 14.5 Å². The van der Waals surface area contributed by atoms with Crippen molar-refractivity contribution in [3.8, 4) is 0 Å². The van der Waals surface area contributed by atoms with Crippen LogP contribution in [0, 0.1) is 0 Å². The summed E-state index contributed by atoms with van der Waals surface area (Å²) in [6.07, 6.45) is 2.85. The molecule has 0 aliphatic carbocycles. The van der Waals surface area contributed by atoms with Gasteiger partial charge >= 0.3 is 5.97 Å². The monoisotopic (exact) mass is 271 g/mol. The number of carbonyl (C=O) groups is 2. The van der Waals surface area contributed by atoms with Crippen LogP contribution in [-0.4, -0.2) is 55.6 Å². The Morgan fingerprint density at radius 2 is 2.00 bits per heavy atom. The molecule has 0 amide bonds. The van der Waals surface area contributed by atoms with Crippen LogP contribution in [0.25, 0.3) is 0 Å². The molecule has 0 saturated carbocycles. The second-order valence-electron chi connectivity index (χ2n) is 4.80. The normalized spacial score (nSPS) is 20.2. The summed E-state index contributed by atoms with van der Waals surface area (Å²) in [7, 11) is 0. The quantitative estimate of drug-likeness (QED) is 0.625. The minimum atomic E-state index is -0.290. The molecule has 5 nitrogen and oxygen atoms in total. The topological polar surface area (TPSA) is 55.8 Å². The van der Waals surface area contributed by atoms with Crippen molar-refractivity contribution >= 4 is 11.8 Å². The molecule has 0 spiro atoms. The van der Waals surface area contributed by atoms with E-state index in [1.807, 2.05) is 6.92 Å². The molecule has 0 aromatic carbocycles. The predicted molar refractivity (Wildman–Crippen MR) is 72.0 cm³/mol. The highest BCUT2D eigenvalue weighted by Gasteiger charge is 2.21. The third-order valence-corrected chi connectivity index (χ3v) is 3.18. The van der Waals surface area contributed by atoms with Gasteiger partial charge in [0, 0.05) is 19.6 Å². The summed E-state index contributed by atoms with van der Waals surface area (Å²) in [6.45, 7) is 7.02. The Morgan fingerprint density at radius 3 is 2.68 bits per heavy atom. The summed E-state index contributed by atoms with van der Waals surface area (Å²) in [5.74, 6) is -0.188. The average molecular weight is 271 g/mol. The zero-order chi connectivity index (χ0) is 14.1. The highest BCUT2D eigenvalue weighted by molar-refractivity contribution is 5.84. The third-order valence-electron chi connectivity index (χ3n) is 3.18. The highest BCUT2D eigenvalue weighted by atomic mass is 16.5. The molecule has 0 radical (unpaired) electrons. The summed E-state index contributed by atoms with van der Waals surface area (Å²) >= 11 is 0. The lowest BCUT2D eigenvalue weighted by Gasteiger charge is -2.31. The van der Waals surface area contributed by atoms with Crippen LogP contribution < -0.4 is 0 Å². The molecule has 1 heterocycles. The van der Waals surface area contributed by atoms with E-state index in [0.717, 1.165) is 32.5 Å². The largest absolute Gasteiger partial charge is 0.466 e. The number of carbonyl (C=O) groups excluding carboxylic acids is 2. The Labute approximate surface area is 115 Å². The van der Waals surface area contributed by atoms with Gasteiger partial charge in [0.15, 0.2) is 0 Å². The minimum Gasteiger partial charge on any atom is -0.466 e. The van der Waals surface area contributed by atoms with Crippen LogP contribution >= 0.6 is 0 Å². The highest BCUT2D eigenvalue weighted by Crippen LogP contribution is 2.13. The molecule has 5 heteroatoms. The van der Waals surface area contributed by atoms with Gasteiger partial charge in [0.25, 0.3) is 0 Å². The van der Waals surface area contributed by atoms with Crippen molar-refractivity contribution in [3.63, 3.8) is 0 Å². The first-order chi connectivity index (χ1) is 9.15. The molecular formula is C14H25NO4. The van der Waals surface area contributed by atoms with Gasteiger partial charge in [-0.2, -0.15) is 0 Å². The van der Waals surface area contributed by atoms with Crippen LogP contribution in [0.4, 0.5) is 0 Å². The summed E-state index contributed by atoms with van der Waals surface area (Å²) in [4.78, 5) is 25.1. The van der Waals surface area contributed by atoms with E-state index in [2.05, 4.69) is 4.90 Å². The summed E-state index contributed by atoms with van der Waals surface area (Å²) < 4.78 is 10.4. The second kappa shape index (κ2) is 9.04. The molecule has 1 aliphatic heterocycles. The average Bonchev–Trinajstić information content (AvgIpc) is 2.38. The van der Waals surface area contributed by atoms with E-state index in [0.29, 0.717) is 13.2 Å². The Bertz CT molecular complexity index is 291. The molecular weight excluding hydrogens is 246 g/mol. The number of esters is 1. The van der Waals surface area contributed by atoms with Crippen molar-refractivity contribution in [2.75, 3.05) is 32.8 Å². The van der Waals surface area contributed by atoms with Gasteiger partial charge in [-0.15, -0.1) is 0 Å². The zero-order valence-corrected chi connectivity index (χ0v) is 12.0. The van der Waals surface area contributed by atoms with Crippen molar-refractivity contribution in [2.45, 2.75) is 45.6 Å². The van der Waals surface area contributed by atoms with Gasteiger partial charge in [0.2, 0.25) is 0 Å². The number of hydrogen-bond donors (Lipinski definition) is 0. The molecule has 1 saturated heterocycles. The Morgan fingerprint density at radius 1 is 1.21 bits per heavy atom. The number of ketones is 1. The van der Waals surface area contributed by atoms with Crippen LogP contribution in [-0.2, 0) is 19.1 Å². The van der Waals surface area contributed by atoms with Crippen molar-refractivity contribution in [1.29, 1.82) is 0 Å². The van der Waals surface area contributed by atoms with E-state index >= 15 is 0 Å². The fourth-order valence-electron chi connectivity index (χ4n) is 2.33. The lowest BCUT2D eigenvalue weighted by Crippen LogP contribution is -2.42. The lowest BCUT2D eigenvalue weighted by atomic mass is 10.1. The molecule has 110 valence electrons. The maximum atomic E-state index is 11.8. The first-order valence-corrected chi connectivity index (χ1v) is 7.17. The maximum absolute atomic E-state index is 11.8. The van der Waals surface area contributed by atoms with Crippen LogP contribution in [0.15, 0.2) is 0 Å². The Balaban J connectivity index is 2.22. The predicted octanol–water partition coefficient (Wildman–Crippen LogP) is 1.40. The molecule has 1 unspecified atom stereocenters. The van der Waals surface area contributed by atoms with Gasteiger partial charge < -0.3 is 9.47 Å². The lowest BCUT2D eigenvalue weighted by molar-refractivity contribution is -0.144. The molecule has 0 N–H and O–H groups in total. The van der Waals surface area contributed by atoms with Crippen molar-refractivity contribution in [1.82, 2.24) is 4.90 Å². The van der Waals surface area contributed by atoms with Gasteiger partial charge in [0.05, 0.1) is 25.7 Å². The second-order valence-corrected chi connectivity index (χ2v) is 4.80. The number of ether oxygens (including phenoxy) is 2. The van der Waals surface area contributed by atoms with E-state index in [4.69, 9.17) is 9.47 Å². The minimum absolute atomic E-state index is 0.102. The molecule has 0 aromatic heterocycles. The molecule has 1 atom stereocenters. The Kier molecular flexibility index (Phi) is 7.67. The number of nitrogens with zero attached hydrogens (tertiary/aromatic N) is 1. The number of likely N-dealkylation sites (tertiary alicyclic amines) is 1. The van der Waals surface area contributed by atoms with E-state index in [9.17, 15) is 9.59 Å². The first kappa shape index (κ1) is 16.1. The van der Waals surface area contributed by atoms with Gasteiger partial charge in [-0.1, -0.05) is 0 Å². The van der Waals surface area contributed by atoms with Crippen LogP contribution in [0.1, 0.15) is 39.5 Å². The van der Waals surface area contributed by atoms with Gasteiger partial charge in [0.1, 0.15) is 5.78 Å². The molecule has 1 rings (SSSR count). The van der Waals surface area contributed by atoms with E-state index < -0.39 is 0 Å². The summed E-state index contributed by atoms with van der Waals surface area (Å²) in [5, 5.41) is 0. The SMILES string of the molecule is CCOC(=O)CCC(=O)CN1CCCC(OCC)C1. The Hall–Kier alpha value is -0.940. The fraction of sp³-hybridized carbons (Fsp3) is 0.857. The molecule has 0 aromatic rings. The number of rotatable bonds is 8. The first-order valence-electron chi connectivity index (χ1n) is 7.17. The zero-order valence-electron chi connectivity index (χ0n) is 12.0. The number of piperidine rings is 1. The molecule has 19 heavy (non-hydrogen) atoms. The fourth-order valence-corrected chi connectivity index (χ4v) is 2.33. The van der Waals surface area contributed by atoms with Crippen molar-refractivity contribution in [3.05, 3.63) is 0 Å². The van der Waals surface area contributed by atoms with Gasteiger partial charge in [-0.25, -0.2) is 0 Å². The molecule has 1 aliphatic rings. The van der Waals surface area contributed by atoms with E-state index in [1.165, 1.54) is 0 Å². The van der Waals surface area contributed by atoms with Crippen LogP contribution in [0.3, 0.4) is 0 Å². The number of Topliss-reactive ketones (excluding diaryl/α,β-unsaturated/α-hetero) is 1. The van der Waals surface area contributed by atoms with Crippen LogP contribution in [0.5, 0.6) is 0 Å².